The second-order valence-electron chi connectivity index (χ2n) is 4.46. The van der Waals surface area contributed by atoms with Crippen LogP contribution in [0, 0.1) is 5.82 Å². The fourth-order valence-electron chi connectivity index (χ4n) is 1.75. The second-order valence-corrected chi connectivity index (χ2v) is 4.46. The number of carbonyl (C=O) groups excluding carboxylic acids is 1. The molecule has 21 heavy (non-hydrogen) atoms. The number of aromatic nitrogens is 2. The third kappa shape index (κ3) is 4.57. The number of halogens is 1. The number of amides is 1. The summed E-state index contributed by atoms with van der Waals surface area (Å²) in [6, 6.07) is 5.43. The van der Waals surface area contributed by atoms with E-state index in [4.69, 9.17) is 10.5 Å². The Morgan fingerprint density at radius 1 is 1.48 bits per heavy atom. The van der Waals surface area contributed by atoms with E-state index in [1.54, 1.807) is 18.3 Å². The largest absolute Gasteiger partial charge is 0.489 e. The number of hydrogen-bond donors (Lipinski definition) is 3. The van der Waals surface area contributed by atoms with Crippen LogP contribution in [-0.2, 0) is 11.2 Å². The van der Waals surface area contributed by atoms with Gasteiger partial charge >= 0.3 is 0 Å². The molecule has 0 spiro atoms. The molecular weight excluding hydrogens is 275 g/mol. The lowest BCUT2D eigenvalue weighted by Crippen LogP contribution is -2.43. The van der Waals surface area contributed by atoms with E-state index >= 15 is 0 Å². The van der Waals surface area contributed by atoms with Crippen molar-refractivity contribution in [3.8, 4) is 5.75 Å². The average Bonchev–Trinajstić information content (AvgIpc) is 2.98. The molecule has 1 aromatic heterocycles. The molecule has 0 fully saturated rings. The van der Waals surface area contributed by atoms with Crippen molar-refractivity contribution < 1.29 is 13.9 Å². The van der Waals surface area contributed by atoms with Crippen molar-refractivity contribution >= 4 is 5.91 Å². The molecular formula is C14H17FN4O2. The van der Waals surface area contributed by atoms with Crippen molar-refractivity contribution in [3.05, 3.63) is 48.3 Å². The smallest absolute Gasteiger partial charge is 0.237 e. The molecule has 2 rings (SSSR count). The van der Waals surface area contributed by atoms with Gasteiger partial charge in [0.15, 0.2) is 11.6 Å². The van der Waals surface area contributed by atoms with Crippen LogP contribution < -0.4 is 15.8 Å². The zero-order valence-electron chi connectivity index (χ0n) is 11.4. The Hall–Kier alpha value is -2.41. The maximum atomic E-state index is 13.3. The molecule has 0 radical (unpaired) electrons. The van der Waals surface area contributed by atoms with E-state index in [1.807, 2.05) is 0 Å². The van der Waals surface area contributed by atoms with Crippen LogP contribution in [0.4, 0.5) is 4.39 Å². The summed E-state index contributed by atoms with van der Waals surface area (Å²) in [5.74, 6) is -0.560. The third-order valence-electron chi connectivity index (χ3n) is 2.83. The third-order valence-corrected chi connectivity index (χ3v) is 2.83. The summed E-state index contributed by atoms with van der Waals surface area (Å²) in [5, 5.41) is 2.64. The average molecular weight is 292 g/mol. The van der Waals surface area contributed by atoms with Crippen molar-refractivity contribution in [2.45, 2.75) is 12.5 Å². The summed E-state index contributed by atoms with van der Waals surface area (Å²) in [4.78, 5) is 18.5. The molecule has 1 amide bonds. The predicted molar refractivity (Wildman–Crippen MR) is 75.2 cm³/mol. The number of aromatic amines is 1. The van der Waals surface area contributed by atoms with Gasteiger partial charge in [0.05, 0.1) is 18.9 Å². The van der Waals surface area contributed by atoms with Crippen LogP contribution in [-0.4, -0.2) is 35.1 Å². The standard InChI is InChI=1S/C14H17FN4O2/c15-11-3-1-2-4-13(11)21-6-5-18-14(20)12(16)7-10-8-17-9-19-10/h1-4,8-9,12H,5-7,16H2,(H,17,19)(H,18,20)/t12-/m0/s1. The first kappa shape index (κ1) is 15.0. The number of imidazole rings is 1. The lowest BCUT2D eigenvalue weighted by molar-refractivity contribution is -0.122. The summed E-state index contributed by atoms with van der Waals surface area (Å²) in [6.45, 7) is 0.424. The number of H-pyrrole nitrogens is 1. The molecule has 0 aliphatic carbocycles. The van der Waals surface area contributed by atoms with Crippen LogP contribution in [0.15, 0.2) is 36.8 Å². The Morgan fingerprint density at radius 2 is 2.29 bits per heavy atom. The number of rotatable bonds is 7. The van der Waals surface area contributed by atoms with Gasteiger partial charge in [-0.1, -0.05) is 12.1 Å². The molecule has 2 aromatic rings. The lowest BCUT2D eigenvalue weighted by Gasteiger charge is -2.12. The van der Waals surface area contributed by atoms with Crippen LogP contribution in [0.1, 0.15) is 5.69 Å². The van der Waals surface area contributed by atoms with Gasteiger partial charge in [-0.2, -0.15) is 0 Å². The van der Waals surface area contributed by atoms with E-state index in [2.05, 4.69) is 15.3 Å². The van der Waals surface area contributed by atoms with Crippen LogP contribution in [0.3, 0.4) is 0 Å². The maximum absolute atomic E-state index is 13.3. The van der Waals surface area contributed by atoms with Crippen LogP contribution in [0.2, 0.25) is 0 Å². The summed E-state index contributed by atoms with van der Waals surface area (Å²) < 4.78 is 18.5. The van der Waals surface area contributed by atoms with E-state index in [9.17, 15) is 9.18 Å². The molecule has 0 unspecified atom stereocenters. The van der Waals surface area contributed by atoms with E-state index in [0.717, 1.165) is 5.69 Å². The molecule has 0 saturated carbocycles. The number of nitrogens with one attached hydrogen (secondary N) is 2. The number of carbonyl (C=O) groups is 1. The Balaban J connectivity index is 1.68. The van der Waals surface area contributed by atoms with Gasteiger partial charge in [0.25, 0.3) is 0 Å². The van der Waals surface area contributed by atoms with Crippen molar-refractivity contribution in [1.29, 1.82) is 0 Å². The highest BCUT2D eigenvalue weighted by Gasteiger charge is 2.14. The predicted octanol–water partition coefficient (Wildman–Crippen LogP) is 0.614. The first-order valence-electron chi connectivity index (χ1n) is 6.54. The minimum absolute atomic E-state index is 0.161. The number of nitrogens with two attached hydrogens (primary N) is 1. The van der Waals surface area contributed by atoms with Gasteiger partial charge in [0.1, 0.15) is 6.61 Å². The Kier molecular flexibility index (Phi) is 5.28. The fraction of sp³-hybridized carbons (Fsp3) is 0.286. The molecule has 1 atom stereocenters. The van der Waals surface area contributed by atoms with E-state index in [1.165, 1.54) is 18.5 Å². The Morgan fingerprint density at radius 3 is 3.00 bits per heavy atom. The van der Waals surface area contributed by atoms with Gasteiger partial charge in [0, 0.05) is 18.3 Å². The summed E-state index contributed by atoms with van der Waals surface area (Å²) in [5.41, 5.74) is 6.56. The summed E-state index contributed by atoms with van der Waals surface area (Å²) >= 11 is 0. The van der Waals surface area contributed by atoms with Crippen molar-refractivity contribution in [1.82, 2.24) is 15.3 Å². The maximum Gasteiger partial charge on any atom is 0.237 e. The topological polar surface area (TPSA) is 93.0 Å². The van der Waals surface area contributed by atoms with Gasteiger partial charge in [-0.3, -0.25) is 4.79 Å². The van der Waals surface area contributed by atoms with Gasteiger partial charge in [0.2, 0.25) is 5.91 Å². The highest BCUT2D eigenvalue weighted by Crippen LogP contribution is 2.14. The van der Waals surface area contributed by atoms with Gasteiger partial charge in [-0.15, -0.1) is 0 Å². The molecule has 1 aromatic carbocycles. The zero-order chi connectivity index (χ0) is 15.1. The number of nitrogens with zero attached hydrogens (tertiary/aromatic N) is 1. The van der Waals surface area contributed by atoms with Gasteiger partial charge in [-0.25, -0.2) is 9.37 Å². The van der Waals surface area contributed by atoms with E-state index < -0.39 is 11.9 Å². The Bertz CT molecular complexity index is 574. The van der Waals surface area contributed by atoms with E-state index in [0.29, 0.717) is 6.42 Å². The molecule has 6 nitrogen and oxygen atoms in total. The van der Waals surface area contributed by atoms with Gasteiger partial charge < -0.3 is 20.8 Å². The van der Waals surface area contributed by atoms with Crippen LogP contribution in [0.25, 0.3) is 0 Å². The van der Waals surface area contributed by atoms with Crippen LogP contribution in [0.5, 0.6) is 5.75 Å². The second kappa shape index (κ2) is 7.39. The van der Waals surface area contributed by atoms with E-state index in [-0.39, 0.29) is 24.8 Å². The molecule has 7 heteroatoms. The number of para-hydroxylation sites is 1. The van der Waals surface area contributed by atoms with Crippen molar-refractivity contribution in [3.63, 3.8) is 0 Å². The minimum atomic E-state index is -0.668. The van der Waals surface area contributed by atoms with Gasteiger partial charge in [-0.05, 0) is 12.1 Å². The molecule has 112 valence electrons. The number of benzene rings is 1. The summed E-state index contributed by atoms with van der Waals surface area (Å²) in [7, 11) is 0. The molecule has 0 aliphatic heterocycles. The Labute approximate surface area is 121 Å². The molecule has 0 bridgehead atoms. The first-order chi connectivity index (χ1) is 10.2. The monoisotopic (exact) mass is 292 g/mol. The summed E-state index contributed by atoms with van der Waals surface area (Å²) in [6.07, 6.45) is 3.52. The zero-order valence-corrected chi connectivity index (χ0v) is 11.4. The van der Waals surface area contributed by atoms with Crippen molar-refractivity contribution in [2.75, 3.05) is 13.2 Å². The SMILES string of the molecule is N[C@@H](Cc1cnc[nH]1)C(=O)NCCOc1ccccc1F. The van der Waals surface area contributed by atoms with Crippen molar-refractivity contribution in [2.24, 2.45) is 5.73 Å². The quantitative estimate of drug-likeness (QED) is 0.652. The number of hydrogen-bond acceptors (Lipinski definition) is 4. The lowest BCUT2D eigenvalue weighted by atomic mass is 10.1. The molecule has 0 aliphatic rings. The minimum Gasteiger partial charge on any atom is -0.489 e. The first-order valence-corrected chi connectivity index (χ1v) is 6.54. The number of ether oxygens (including phenoxy) is 1. The highest BCUT2D eigenvalue weighted by molar-refractivity contribution is 5.81. The normalized spacial score (nSPS) is 11.9. The fourth-order valence-corrected chi connectivity index (χ4v) is 1.75. The molecule has 1 heterocycles. The van der Waals surface area contributed by atoms with Crippen LogP contribution >= 0.6 is 0 Å². The molecule has 4 N–H and O–H groups in total. The molecule has 0 saturated heterocycles. The highest BCUT2D eigenvalue weighted by atomic mass is 19.1.